The predicted octanol–water partition coefficient (Wildman–Crippen LogP) is 3.93. The lowest BCUT2D eigenvalue weighted by atomic mass is 10.1. The average molecular weight is 361 g/mol. The molecule has 0 unspecified atom stereocenters. The highest BCUT2D eigenvalue weighted by Crippen LogP contribution is 2.15. The summed E-state index contributed by atoms with van der Waals surface area (Å²) in [6, 6.07) is 8.62. The quantitative estimate of drug-likeness (QED) is 0.512. The molecular formula is C12H8BrCl2N3O. The van der Waals surface area contributed by atoms with Crippen LogP contribution in [0.15, 0.2) is 30.3 Å². The molecule has 2 aromatic rings. The van der Waals surface area contributed by atoms with Gasteiger partial charge in [-0.25, -0.2) is 9.97 Å². The van der Waals surface area contributed by atoms with Gasteiger partial charge >= 0.3 is 0 Å². The monoisotopic (exact) mass is 359 g/mol. The van der Waals surface area contributed by atoms with E-state index >= 15 is 0 Å². The fourth-order valence-corrected chi connectivity index (χ4v) is 2.17. The highest BCUT2D eigenvalue weighted by Gasteiger charge is 2.08. The zero-order valence-corrected chi connectivity index (χ0v) is 12.6. The molecule has 0 saturated heterocycles. The number of alkyl halides is 1. The summed E-state index contributed by atoms with van der Waals surface area (Å²) in [5, 5.41) is 3.50. The Labute approximate surface area is 128 Å². The second kappa shape index (κ2) is 6.32. The van der Waals surface area contributed by atoms with Gasteiger partial charge < -0.3 is 5.32 Å². The SMILES string of the molecule is O=C(Nc1cc(Cl)nc(Cl)n1)c1ccc(CBr)cc1. The zero-order valence-electron chi connectivity index (χ0n) is 9.53. The molecule has 0 radical (unpaired) electrons. The molecule has 0 aliphatic heterocycles. The summed E-state index contributed by atoms with van der Waals surface area (Å²) >= 11 is 14.7. The number of anilines is 1. The molecule has 1 aromatic carbocycles. The van der Waals surface area contributed by atoms with Crippen LogP contribution >= 0.6 is 39.1 Å². The van der Waals surface area contributed by atoms with Gasteiger partial charge in [-0.1, -0.05) is 39.7 Å². The summed E-state index contributed by atoms with van der Waals surface area (Å²) < 4.78 is 0. The van der Waals surface area contributed by atoms with E-state index in [0.29, 0.717) is 5.56 Å². The summed E-state index contributed by atoms with van der Waals surface area (Å²) in [6.45, 7) is 0. The highest BCUT2D eigenvalue weighted by atomic mass is 79.9. The molecule has 1 heterocycles. The van der Waals surface area contributed by atoms with Crippen molar-refractivity contribution in [2.24, 2.45) is 0 Å². The molecule has 19 heavy (non-hydrogen) atoms. The van der Waals surface area contributed by atoms with Crippen molar-refractivity contribution in [1.29, 1.82) is 0 Å². The first kappa shape index (κ1) is 14.2. The highest BCUT2D eigenvalue weighted by molar-refractivity contribution is 9.08. The summed E-state index contributed by atoms with van der Waals surface area (Å²) in [4.78, 5) is 19.5. The molecule has 0 atom stereocenters. The fraction of sp³-hybridized carbons (Fsp3) is 0.0833. The van der Waals surface area contributed by atoms with E-state index in [1.807, 2.05) is 12.1 Å². The smallest absolute Gasteiger partial charge is 0.256 e. The first-order chi connectivity index (χ1) is 9.08. The summed E-state index contributed by atoms with van der Waals surface area (Å²) in [5.74, 6) is -0.0217. The zero-order chi connectivity index (χ0) is 13.8. The fourth-order valence-electron chi connectivity index (χ4n) is 1.39. The van der Waals surface area contributed by atoms with Gasteiger partial charge in [0.1, 0.15) is 11.0 Å². The maximum atomic E-state index is 12.0. The molecular weight excluding hydrogens is 353 g/mol. The maximum absolute atomic E-state index is 12.0. The van der Waals surface area contributed by atoms with Gasteiger partial charge in [0.25, 0.3) is 5.91 Å². The van der Waals surface area contributed by atoms with Gasteiger partial charge in [0.05, 0.1) is 0 Å². The molecule has 0 saturated carbocycles. The first-order valence-electron chi connectivity index (χ1n) is 5.25. The minimum absolute atomic E-state index is 0.0163. The summed E-state index contributed by atoms with van der Waals surface area (Å²) in [7, 11) is 0. The normalized spacial score (nSPS) is 10.3. The van der Waals surface area contributed by atoms with Crippen LogP contribution in [0.25, 0.3) is 0 Å². The minimum Gasteiger partial charge on any atom is -0.306 e. The Hall–Kier alpha value is -1.17. The molecule has 0 spiro atoms. The van der Waals surface area contributed by atoms with Crippen molar-refractivity contribution in [3.8, 4) is 0 Å². The number of rotatable bonds is 3. The van der Waals surface area contributed by atoms with Crippen LogP contribution in [0.3, 0.4) is 0 Å². The van der Waals surface area contributed by atoms with Gasteiger partial charge in [-0.2, -0.15) is 0 Å². The van der Waals surface area contributed by atoms with Crippen molar-refractivity contribution in [1.82, 2.24) is 9.97 Å². The molecule has 4 nitrogen and oxygen atoms in total. The number of nitrogens with one attached hydrogen (secondary N) is 1. The van der Waals surface area contributed by atoms with Gasteiger partial charge in [-0.3, -0.25) is 4.79 Å². The number of hydrogen-bond donors (Lipinski definition) is 1. The molecule has 98 valence electrons. The van der Waals surface area contributed by atoms with Crippen molar-refractivity contribution in [3.63, 3.8) is 0 Å². The largest absolute Gasteiger partial charge is 0.306 e. The molecule has 0 aliphatic rings. The summed E-state index contributed by atoms with van der Waals surface area (Å²) in [6.07, 6.45) is 0. The second-order valence-electron chi connectivity index (χ2n) is 3.63. The molecule has 1 aromatic heterocycles. The Kier molecular flexibility index (Phi) is 4.74. The third kappa shape index (κ3) is 3.89. The van der Waals surface area contributed by atoms with Crippen LogP contribution in [0.2, 0.25) is 10.4 Å². The number of aromatic nitrogens is 2. The Morgan fingerprint density at radius 3 is 2.47 bits per heavy atom. The lowest BCUT2D eigenvalue weighted by Crippen LogP contribution is -2.13. The third-order valence-electron chi connectivity index (χ3n) is 2.28. The van der Waals surface area contributed by atoms with Crippen LogP contribution in [0.1, 0.15) is 15.9 Å². The number of benzene rings is 1. The van der Waals surface area contributed by atoms with E-state index in [1.54, 1.807) is 12.1 Å². The van der Waals surface area contributed by atoms with Crippen LogP contribution in [0.4, 0.5) is 5.82 Å². The Bertz CT molecular complexity index is 584. The third-order valence-corrected chi connectivity index (χ3v) is 3.29. The number of hydrogen-bond acceptors (Lipinski definition) is 3. The van der Waals surface area contributed by atoms with Gasteiger partial charge in [0.2, 0.25) is 5.28 Å². The van der Waals surface area contributed by atoms with E-state index in [9.17, 15) is 4.79 Å². The van der Waals surface area contributed by atoms with Crippen LogP contribution < -0.4 is 5.32 Å². The van der Waals surface area contributed by atoms with Gasteiger partial charge in [-0.05, 0) is 29.3 Å². The topological polar surface area (TPSA) is 54.9 Å². The van der Waals surface area contributed by atoms with Crippen molar-refractivity contribution < 1.29 is 4.79 Å². The average Bonchev–Trinajstić information content (AvgIpc) is 2.37. The van der Waals surface area contributed by atoms with E-state index in [0.717, 1.165) is 10.9 Å². The molecule has 1 N–H and O–H groups in total. The molecule has 0 fully saturated rings. The molecule has 7 heteroatoms. The minimum atomic E-state index is -0.285. The standard InChI is InChI=1S/C12H8BrCl2N3O/c13-6-7-1-3-8(4-2-7)11(19)17-10-5-9(14)16-12(15)18-10/h1-5H,6H2,(H,16,17,18,19). The molecule has 2 rings (SSSR count). The lowest BCUT2D eigenvalue weighted by Gasteiger charge is -2.05. The predicted molar refractivity (Wildman–Crippen MR) is 79.1 cm³/mol. The van der Waals surface area contributed by atoms with Crippen LogP contribution in [-0.2, 0) is 5.33 Å². The van der Waals surface area contributed by atoms with Crippen molar-refractivity contribution >= 4 is 50.9 Å². The van der Waals surface area contributed by atoms with Gasteiger partial charge in [0.15, 0.2) is 0 Å². The first-order valence-corrected chi connectivity index (χ1v) is 7.12. The van der Waals surface area contributed by atoms with Crippen LogP contribution in [0.5, 0.6) is 0 Å². The van der Waals surface area contributed by atoms with E-state index in [4.69, 9.17) is 23.2 Å². The number of carbonyl (C=O) groups excluding carboxylic acids is 1. The second-order valence-corrected chi connectivity index (χ2v) is 4.92. The number of nitrogens with zero attached hydrogens (tertiary/aromatic N) is 2. The van der Waals surface area contributed by atoms with Crippen molar-refractivity contribution in [3.05, 3.63) is 51.9 Å². The Morgan fingerprint density at radius 1 is 1.21 bits per heavy atom. The molecule has 1 amide bonds. The Morgan fingerprint density at radius 2 is 1.89 bits per heavy atom. The van der Waals surface area contributed by atoms with Gasteiger partial charge in [0, 0.05) is 17.0 Å². The van der Waals surface area contributed by atoms with Crippen molar-refractivity contribution in [2.45, 2.75) is 5.33 Å². The number of amides is 1. The van der Waals surface area contributed by atoms with E-state index in [-0.39, 0.29) is 22.2 Å². The van der Waals surface area contributed by atoms with Crippen LogP contribution in [0, 0.1) is 0 Å². The van der Waals surface area contributed by atoms with Gasteiger partial charge in [-0.15, -0.1) is 0 Å². The van der Waals surface area contributed by atoms with Crippen molar-refractivity contribution in [2.75, 3.05) is 5.32 Å². The number of carbonyl (C=O) groups is 1. The van der Waals surface area contributed by atoms with Crippen LogP contribution in [-0.4, -0.2) is 15.9 Å². The van der Waals surface area contributed by atoms with E-state index in [1.165, 1.54) is 6.07 Å². The van der Waals surface area contributed by atoms with E-state index in [2.05, 4.69) is 31.2 Å². The maximum Gasteiger partial charge on any atom is 0.256 e. The lowest BCUT2D eigenvalue weighted by molar-refractivity contribution is 0.102. The summed E-state index contributed by atoms with van der Waals surface area (Å²) in [5.41, 5.74) is 1.61. The molecule has 0 aliphatic carbocycles. The Balaban J connectivity index is 2.15. The van der Waals surface area contributed by atoms with E-state index < -0.39 is 0 Å². The number of halogens is 3. The molecule has 0 bridgehead atoms.